The van der Waals surface area contributed by atoms with E-state index in [9.17, 15) is 10.1 Å². The molecule has 94 valence electrons. The number of nitro benzene ring substituents is 1. The molecule has 1 heterocycles. The van der Waals surface area contributed by atoms with Gasteiger partial charge in [0.15, 0.2) is 5.58 Å². The topological polar surface area (TPSA) is 69.2 Å². The SMILES string of the molecule is O=[N+]([O-])c1ccc(-c2nc3ccccc3o2)cc1Cl. The maximum Gasteiger partial charge on any atom is 0.287 e. The van der Waals surface area contributed by atoms with E-state index >= 15 is 0 Å². The maximum absolute atomic E-state index is 10.7. The van der Waals surface area contributed by atoms with Crippen molar-refractivity contribution >= 4 is 28.4 Å². The van der Waals surface area contributed by atoms with Crippen molar-refractivity contribution < 1.29 is 9.34 Å². The second-order valence-electron chi connectivity index (χ2n) is 3.91. The molecule has 0 amide bonds. The molecule has 6 heteroatoms. The smallest absolute Gasteiger partial charge is 0.287 e. The molecule has 0 radical (unpaired) electrons. The largest absolute Gasteiger partial charge is 0.436 e. The first-order chi connectivity index (χ1) is 9.15. The Kier molecular flexibility index (Phi) is 2.68. The summed E-state index contributed by atoms with van der Waals surface area (Å²) in [7, 11) is 0. The zero-order valence-corrected chi connectivity index (χ0v) is 10.3. The molecule has 3 aromatic rings. The van der Waals surface area contributed by atoms with Crippen molar-refractivity contribution in [1.29, 1.82) is 0 Å². The normalized spacial score (nSPS) is 10.8. The van der Waals surface area contributed by atoms with Crippen molar-refractivity contribution in [3.05, 3.63) is 57.6 Å². The molecule has 0 saturated heterocycles. The molecule has 0 fully saturated rings. The molecule has 0 atom stereocenters. The van der Waals surface area contributed by atoms with Crippen molar-refractivity contribution in [2.45, 2.75) is 0 Å². The lowest BCUT2D eigenvalue weighted by atomic mass is 10.2. The minimum absolute atomic E-state index is 0.0600. The number of rotatable bonds is 2. The zero-order chi connectivity index (χ0) is 13.4. The third kappa shape index (κ3) is 2.04. The summed E-state index contributed by atoms with van der Waals surface area (Å²) in [6.07, 6.45) is 0. The van der Waals surface area contributed by atoms with Crippen molar-refractivity contribution in [2.75, 3.05) is 0 Å². The highest BCUT2D eigenvalue weighted by atomic mass is 35.5. The minimum atomic E-state index is -0.530. The Bertz CT molecular complexity index is 749. The number of halogens is 1. The highest BCUT2D eigenvalue weighted by Gasteiger charge is 2.15. The van der Waals surface area contributed by atoms with E-state index in [2.05, 4.69) is 4.98 Å². The van der Waals surface area contributed by atoms with Crippen LogP contribution in [0.3, 0.4) is 0 Å². The van der Waals surface area contributed by atoms with Crippen LogP contribution in [-0.2, 0) is 0 Å². The number of nitro groups is 1. The van der Waals surface area contributed by atoms with E-state index in [-0.39, 0.29) is 10.7 Å². The van der Waals surface area contributed by atoms with Gasteiger partial charge >= 0.3 is 0 Å². The van der Waals surface area contributed by atoms with Gasteiger partial charge in [-0.15, -0.1) is 0 Å². The Morgan fingerprint density at radius 3 is 2.68 bits per heavy atom. The van der Waals surface area contributed by atoms with Crippen molar-refractivity contribution in [2.24, 2.45) is 0 Å². The van der Waals surface area contributed by atoms with Gasteiger partial charge in [0, 0.05) is 11.6 Å². The molecule has 0 N–H and O–H groups in total. The van der Waals surface area contributed by atoms with Gasteiger partial charge in [0.25, 0.3) is 5.69 Å². The predicted octanol–water partition coefficient (Wildman–Crippen LogP) is 4.06. The summed E-state index contributed by atoms with van der Waals surface area (Å²) < 4.78 is 5.57. The average molecular weight is 275 g/mol. The van der Waals surface area contributed by atoms with E-state index in [1.54, 1.807) is 12.1 Å². The summed E-state index contributed by atoms with van der Waals surface area (Å²) in [6.45, 7) is 0. The minimum Gasteiger partial charge on any atom is -0.436 e. The van der Waals surface area contributed by atoms with Crippen LogP contribution < -0.4 is 0 Å². The summed E-state index contributed by atoms with van der Waals surface area (Å²) in [5.41, 5.74) is 1.85. The van der Waals surface area contributed by atoms with Crippen LogP contribution in [0.1, 0.15) is 0 Å². The highest BCUT2D eigenvalue weighted by molar-refractivity contribution is 6.32. The van der Waals surface area contributed by atoms with Gasteiger partial charge in [-0.2, -0.15) is 0 Å². The number of aromatic nitrogens is 1. The Balaban J connectivity index is 2.11. The molecule has 3 rings (SSSR count). The third-order valence-electron chi connectivity index (χ3n) is 2.69. The van der Waals surface area contributed by atoms with Crippen molar-refractivity contribution in [3.8, 4) is 11.5 Å². The molecule has 0 aliphatic heterocycles. The number of oxazole rings is 1. The molecule has 1 aromatic heterocycles. The second-order valence-corrected chi connectivity index (χ2v) is 4.32. The molecular weight excluding hydrogens is 268 g/mol. The molecule has 2 aromatic carbocycles. The van der Waals surface area contributed by atoms with E-state index in [1.165, 1.54) is 12.1 Å². The van der Waals surface area contributed by atoms with E-state index in [1.807, 2.05) is 18.2 Å². The van der Waals surface area contributed by atoms with Crippen molar-refractivity contribution in [1.82, 2.24) is 4.98 Å². The Morgan fingerprint density at radius 1 is 1.21 bits per heavy atom. The van der Waals surface area contributed by atoms with Crippen LogP contribution in [0.25, 0.3) is 22.6 Å². The summed E-state index contributed by atoms with van der Waals surface area (Å²) in [4.78, 5) is 14.5. The van der Waals surface area contributed by atoms with Gasteiger partial charge in [0.05, 0.1) is 4.92 Å². The van der Waals surface area contributed by atoms with E-state index < -0.39 is 4.92 Å². The molecule has 0 aliphatic carbocycles. The van der Waals surface area contributed by atoms with Crippen LogP contribution in [0.4, 0.5) is 5.69 Å². The summed E-state index contributed by atoms with van der Waals surface area (Å²) in [5.74, 6) is 0.387. The van der Waals surface area contributed by atoms with Gasteiger partial charge in [-0.05, 0) is 24.3 Å². The number of para-hydroxylation sites is 2. The summed E-state index contributed by atoms with van der Waals surface area (Å²) in [5, 5.41) is 10.8. The molecule has 0 unspecified atom stereocenters. The Morgan fingerprint density at radius 2 is 2.00 bits per heavy atom. The predicted molar refractivity (Wildman–Crippen MR) is 71.1 cm³/mol. The number of nitrogens with zero attached hydrogens (tertiary/aromatic N) is 2. The number of benzene rings is 2. The lowest BCUT2D eigenvalue weighted by Crippen LogP contribution is -1.89. The Hall–Kier alpha value is -2.40. The van der Waals surface area contributed by atoms with Crippen molar-refractivity contribution in [3.63, 3.8) is 0 Å². The molecule has 19 heavy (non-hydrogen) atoms. The fourth-order valence-electron chi connectivity index (χ4n) is 1.78. The van der Waals surface area contributed by atoms with E-state index in [0.29, 0.717) is 17.0 Å². The lowest BCUT2D eigenvalue weighted by Gasteiger charge is -1.97. The number of hydrogen-bond acceptors (Lipinski definition) is 4. The van der Waals surface area contributed by atoms with Crippen LogP contribution in [0.15, 0.2) is 46.9 Å². The molecule has 0 spiro atoms. The average Bonchev–Trinajstić information content (AvgIpc) is 2.81. The van der Waals surface area contributed by atoms with Gasteiger partial charge < -0.3 is 4.42 Å². The fraction of sp³-hybridized carbons (Fsp3) is 0. The molecule has 0 bridgehead atoms. The first-order valence-corrected chi connectivity index (χ1v) is 5.83. The lowest BCUT2D eigenvalue weighted by molar-refractivity contribution is -0.384. The summed E-state index contributed by atoms with van der Waals surface area (Å²) >= 11 is 5.86. The third-order valence-corrected chi connectivity index (χ3v) is 2.99. The second kappa shape index (κ2) is 4.37. The highest BCUT2D eigenvalue weighted by Crippen LogP contribution is 2.31. The van der Waals surface area contributed by atoms with Gasteiger partial charge in [-0.25, -0.2) is 4.98 Å². The van der Waals surface area contributed by atoms with Gasteiger partial charge in [-0.1, -0.05) is 23.7 Å². The maximum atomic E-state index is 10.7. The standard InChI is InChI=1S/C13H7ClN2O3/c14-9-7-8(5-6-11(9)16(17)18)13-15-10-3-1-2-4-12(10)19-13/h1-7H. The van der Waals surface area contributed by atoms with Gasteiger partial charge in [0.2, 0.25) is 5.89 Å². The fourth-order valence-corrected chi connectivity index (χ4v) is 2.03. The van der Waals surface area contributed by atoms with Gasteiger partial charge in [0.1, 0.15) is 10.5 Å². The molecule has 5 nitrogen and oxygen atoms in total. The van der Waals surface area contributed by atoms with Crippen LogP contribution in [0.2, 0.25) is 5.02 Å². The van der Waals surface area contributed by atoms with Crippen LogP contribution in [0, 0.1) is 10.1 Å². The molecule has 0 saturated carbocycles. The monoisotopic (exact) mass is 274 g/mol. The zero-order valence-electron chi connectivity index (χ0n) is 9.54. The molecule has 0 aliphatic rings. The van der Waals surface area contributed by atoms with Gasteiger partial charge in [-0.3, -0.25) is 10.1 Å². The van der Waals surface area contributed by atoms with E-state index in [4.69, 9.17) is 16.0 Å². The number of fused-ring (bicyclic) bond motifs is 1. The van der Waals surface area contributed by atoms with Crippen LogP contribution >= 0.6 is 11.6 Å². The first kappa shape index (κ1) is 11.7. The van der Waals surface area contributed by atoms with Crippen LogP contribution in [-0.4, -0.2) is 9.91 Å². The first-order valence-electron chi connectivity index (χ1n) is 5.45. The summed E-state index contributed by atoms with van der Waals surface area (Å²) in [6, 6.07) is 11.7. The number of hydrogen-bond donors (Lipinski definition) is 0. The molecular formula is C13H7ClN2O3. The Labute approximate surface area is 112 Å². The van der Waals surface area contributed by atoms with Crippen LogP contribution in [0.5, 0.6) is 0 Å². The van der Waals surface area contributed by atoms with E-state index in [0.717, 1.165) is 5.52 Å². The quantitative estimate of drug-likeness (QED) is 0.522.